The van der Waals surface area contributed by atoms with Gasteiger partial charge in [0.05, 0.1) is 17.9 Å². The van der Waals surface area contributed by atoms with Crippen molar-refractivity contribution >= 4 is 27.2 Å². The van der Waals surface area contributed by atoms with E-state index in [2.05, 4.69) is 9.97 Å². The molecule has 0 aliphatic heterocycles. The van der Waals surface area contributed by atoms with Crippen LogP contribution in [0, 0.1) is 0 Å². The molecule has 1 aromatic carbocycles. The maximum Gasteiger partial charge on any atom is 0.280 e. The fourth-order valence-electron chi connectivity index (χ4n) is 1.52. The number of fused-ring (bicyclic) bond motifs is 1. The summed E-state index contributed by atoms with van der Waals surface area (Å²) in [4.78, 5) is 8.34. The first-order valence-corrected chi connectivity index (χ1v) is 5.87. The van der Waals surface area contributed by atoms with Crippen LogP contribution in [0.5, 0.6) is 10.9 Å². The highest BCUT2D eigenvalue weighted by atomic mass is 32.1. The molecule has 0 saturated carbocycles. The van der Waals surface area contributed by atoms with Crippen molar-refractivity contribution < 1.29 is 4.74 Å². The van der Waals surface area contributed by atoms with Crippen molar-refractivity contribution in [2.45, 2.75) is 0 Å². The molecule has 5 heteroatoms. The number of hydrogen-bond donors (Lipinski definition) is 1. The highest BCUT2D eigenvalue weighted by Gasteiger charge is 2.03. The number of ether oxygens (including phenoxy) is 1. The highest BCUT2D eigenvalue weighted by molar-refractivity contribution is 7.17. The molecule has 0 amide bonds. The van der Waals surface area contributed by atoms with E-state index in [1.54, 1.807) is 12.4 Å². The maximum absolute atomic E-state index is 5.58. The molecule has 2 aromatic heterocycles. The summed E-state index contributed by atoms with van der Waals surface area (Å²) in [5, 5.41) is 2.20. The zero-order valence-corrected chi connectivity index (χ0v) is 9.65. The molecule has 0 unspecified atom stereocenters. The normalized spacial score (nSPS) is 10.6. The second kappa shape index (κ2) is 4.03. The third kappa shape index (κ3) is 2.05. The van der Waals surface area contributed by atoms with Gasteiger partial charge in [0.2, 0.25) is 0 Å². The number of anilines is 1. The molecule has 0 fully saturated rings. The maximum atomic E-state index is 5.58. The average Bonchev–Trinajstić information content (AvgIpc) is 2.75. The first-order valence-electron chi connectivity index (χ1n) is 5.05. The van der Waals surface area contributed by atoms with Gasteiger partial charge in [-0.2, -0.15) is 0 Å². The summed E-state index contributed by atoms with van der Waals surface area (Å²) in [5.74, 6) is 0.665. The first kappa shape index (κ1) is 10.0. The largest absolute Gasteiger partial charge is 0.429 e. The Balaban J connectivity index is 1.95. The lowest BCUT2D eigenvalue weighted by Crippen LogP contribution is -1.85. The SMILES string of the molecule is Nc1cnc(Oc2cnc3ccccc3c2)s1. The predicted octanol–water partition coefficient (Wildman–Crippen LogP) is 3.07. The van der Waals surface area contributed by atoms with Crippen molar-refractivity contribution in [3.8, 4) is 10.9 Å². The lowest BCUT2D eigenvalue weighted by Gasteiger charge is -2.02. The van der Waals surface area contributed by atoms with Gasteiger partial charge >= 0.3 is 0 Å². The number of aromatic nitrogens is 2. The molecule has 3 aromatic rings. The number of thiazole rings is 1. The summed E-state index contributed by atoms with van der Waals surface area (Å²) in [6.07, 6.45) is 3.26. The fourth-order valence-corrected chi connectivity index (χ4v) is 2.07. The van der Waals surface area contributed by atoms with Crippen LogP contribution in [0.3, 0.4) is 0 Å². The third-order valence-corrected chi connectivity index (χ3v) is 2.98. The van der Waals surface area contributed by atoms with Crippen LogP contribution < -0.4 is 10.5 Å². The number of nitrogens with zero attached hydrogens (tertiary/aromatic N) is 2. The van der Waals surface area contributed by atoms with E-state index in [1.165, 1.54) is 11.3 Å². The quantitative estimate of drug-likeness (QED) is 0.751. The summed E-state index contributed by atoms with van der Waals surface area (Å²) in [5.41, 5.74) is 6.53. The van der Waals surface area contributed by atoms with E-state index in [1.807, 2.05) is 30.3 Å². The zero-order valence-electron chi connectivity index (χ0n) is 8.83. The van der Waals surface area contributed by atoms with Gasteiger partial charge in [0.15, 0.2) is 0 Å². The molecule has 0 aliphatic carbocycles. The third-order valence-electron chi connectivity index (χ3n) is 2.27. The van der Waals surface area contributed by atoms with E-state index >= 15 is 0 Å². The molecule has 2 N–H and O–H groups in total. The number of nitrogen functional groups attached to an aromatic ring is 1. The van der Waals surface area contributed by atoms with Gasteiger partial charge in [-0.1, -0.05) is 29.5 Å². The molecular weight excluding hydrogens is 234 g/mol. The van der Waals surface area contributed by atoms with Crippen LogP contribution >= 0.6 is 11.3 Å². The van der Waals surface area contributed by atoms with Crippen molar-refractivity contribution in [2.75, 3.05) is 5.73 Å². The Morgan fingerprint density at radius 2 is 2.00 bits per heavy atom. The number of rotatable bonds is 2. The van der Waals surface area contributed by atoms with Gasteiger partial charge in [-0.05, 0) is 12.1 Å². The van der Waals surface area contributed by atoms with Gasteiger partial charge in [-0.25, -0.2) is 4.98 Å². The Labute approximate surface area is 102 Å². The average molecular weight is 243 g/mol. The number of nitrogens with two attached hydrogens (primary N) is 1. The molecular formula is C12H9N3OS. The Hall–Kier alpha value is -2.14. The van der Waals surface area contributed by atoms with Crippen molar-refractivity contribution in [3.63, 3.8) is 0 Å². The Bertz CT molecular complexity index is 665. The molecule has 0 bridgehead atoms. The van der Waals surface area contributed by atoms with Crippen molar-refractivity contribution in [3.05, 3.63) is 42.7 Å². The van der Waals surface area contributed by atoms with Crippen LogP contribution in [0.1, 0.15) is 0 Å². The van der Waals surface area contributed by atoms with Crippen LogP contribution in [-0.4, -0.2) is 9.97 Å². The summed E-state index contributed by atoms with van der Waals surface area (Å²) in [7, 11) is 0. The van der Waals surface area contributed by atoms with Gasteiger partial charge in [0, 0.05) is 5.39 Å². The summed E-state index contributed by atoms with van der Waals surface area (Å²) >= 11 is 1.30. The van der Waals surface area contributed by atoms with E-state index < -0.39 is 0 Å². The zero-order chi connectivity index (χ0) is 11.7. The van der Waals surface area contributed by atoms with E-state index in [4.69, 9.17) is 10.5 Å². The minimum Gasteiger partial charge on any atom is -0.429 e. The van der Waals surface area contributed by atoms with Crippen LogP contribution in [0.25, 0.3) is 10.9 Å². The molecule has 4 nitrogen and oxygen atoms in total. The van der Waals surface area contributed by atoms with E-state index in [9.17, 15) is 0 Å². The number of pyridine rings is 1. The predicted molar refractivity (Wildman–Crippen MR) is 68.3 cm³/mol. The van der Waals surface area contributed by atoms with Crippen molar-refractivity contribution in [1.82, 2.24) is 9.97 Å². The number of para-hydroxylation sites is 1. The van der Waals surface area contributed by atoms with Gasteiger partial charge in [-0.15, -0.1) is 0 Å². The van der Waals surface area contributed by atoms with Gasteiger partial charge in [0.25, 0.3) is 5.19 Å². The number of hydrogen-bond acceptors (Lipinski definition) is 5. The van der Waals surface area contributed by atoms with E-state index in [-0.39, 0.29) is 0 Å². The smallest absolute Gasteiger partial charge is 0.280 e. The van der Waals surface area contributed by atoms with Crippen molar-refractivity contribution in [2.24, 2.45) is 0 Å². The molecule has 0 atom stereocenters. The summed E-state index contributed by atoms with van der Waals surface area (Å²) in [6, 6.07) is 9.80. The molecule has 0 spiro atoms. The van der Waals surface area contributed by atoms with E-state index in [0.29, 0.717) is 15.9 Å². The monoisotopic (exact) mass is 243 g/mol. The minimum atomic E-state index is 0.527. The standard InChI is InChI=1S/C12H9N3OS/c13-11-7-15-12(17-11)16-9-5-8-3-1-2-4-10(8)14-6-9/h1-7H,13H2. The molecule has 0 saturated heterocycles. The van der Waals surface area contributed by atoms with Crippen molar-refractivity contribution in [1.29, 1.82) is 0 Å². The van der Waals surface area contributed by atoms with Crippen LogP contribution in [0.2, 0.25) is 0 Å². The summed E-state index contributed by atoms with van der Waals surface area (Å²) in [6.45, 7) is 0. The molecule has 0 radical (unpaired) electrons. The number of benzene rings is 1. The fraction of sp³-hybridized carbons (Fsp3) is 0. The first-order chi connectivity index (χ1) is 8.31. The second-order valence-electron chi connectivity index (χ2n) is 3.49. The van der Waals surface area contributed by atoms with Crippen LogP contribution in [-0.2, 0) is 0 Å². The van der Waals surface area contributed by atoms with Crippen LogP contribution in [0.15, 0.2) is 42.7 Å². The second-order valence-corrected chi connectivity index (χ2v) is 4.52. The molecule has 3 rings (SSSR count). The Kier molecular flexibility index (Phi) is 2.38. The Morgan fingerprint density at radius 1 is 1.12 bits per heavy atom. The molecule has 2 heterocycles. The van der Waals surface area contributed by atoms with Gasteiger partial charge in [-0.3, -0.25) is 4.98 Å². The topological polar surface area (TPSA) is 61.0 Å². The van der Waals surface area contributed by atoms with Gasteiger partial charge < -0.3 is 10.5 Å². The molecule has 0 aliphatic rings. The lowest BCUT2D eigenvalue weighted by molar-refractivity contribution is 0.477. The molecule has 84 valence electrons. The highest BCUT2D eigenvalue weighted by Crippen LogP contribution is 2.28. The van der Waals surface area contributed by atoms with Gasteiger partial charge in [0.1, 0.15) is 10.8 Å². The summed E-state index contributed by atoms with van der Waals surface area (Å²) < 4.78 is 5.57. The Morgan fingerprint density at radius 3 is 2.82 bits per heavy atom. The van der Waals surface area contributed by atoms with Crippen LogP contribution in [0.4, 0.5) is 5.00 Å². The lowest BCUT2D eigenvalue weighted by atomic mass is 10.2. The van der Waals surface area contributed by atoms with E-state index in [0.717, 1.165) is 10.9 Å². The molecule has 17 heavy (non-hydrogen) atoms. The minimum absolute atomic E-state index is 0.527.